The second-order valence-electron chi connectivity index (χ2n) is 4.56. The van der Waals surface area contributed by atoms with E-state index in [1.165, 1.54) is 31.2 Å². The van der Waals surface area contributed by atoms with E-state index in [4.69, 9.17) is 5.73 Å². The molecule has 1 aromatic rings. The maximum absolute atomic E-state index is 5.97. The molecule has 0 radical (unpaired) electrons. The van der Waals surface area contributed by atoms with Crippen molar-refractivity contribution >= 4 is 11.3 Å². The van der Waals surface area contributed by atoms with Crippen molar-refractivity contribution in [3.05, 3.63) is 22.4 Å². The third kappa shape index (κ3) is 3.59. The van der Waals surface area contributed by atoms with Crippen molar-refractivity contribution in [3.63, 3.8) is 0 Å². The van der Waals surface area contributed by atoms with Crippen LogP contribution < -0.4 is 11.1 Å². The summed E-state index contributed by atoms with van der Waals surface area (Å²) in [6.45, 7) is 2.14. The molecule has 1 aliphatic carbocycles. The zero-order valence-corrected chi connectivity index (χ0v) is 9.93. The van der Waals surface area contributed by atoms with Gasteiger partial charge in [0.05, 0.1) is 0 Å². The van der Waals surface area contributed by atoms with Crippen LogP contribution in [0.3, 0.4) is 0 Å². The van der Waals surface area contributed by atoms with E-state index in [9.17, 15) is 0 Å². The van der Waals surface area contributed by atoms with E-state index in [2.05, 4.69) is 22.1 Å². The molecule has 3 N–H and O–H groups in total. The van der Waals surface area contributed by atoms with Crippen LogP contribution in [-0.4, -0.2) is 12.6 Å². The highest BCUT2D eigenvalue weighted by atomic mass is 32.1. The lowest BCUT2D eigenvalue weighted by molar-refractivity contribution is 0.310. The van der Waals surface area contributed by atoms with Gasteiger partial charge in [0, 0.05) is 12.6 Å². The van der Waals surface area contributed by atoms with E-state index in [-0.39, 0.29) is 0 Å². The lowest BCUT2D eigenvalue weighted by Crippen LogP contribution is -2.33. The van der Waals surface area contributed by atoms with Crippen molar-refractivity contribution < 1.29 is 0 Å². The quantitative estimate of drug-likeness (QED) is 0.824. The second kappa shape index (κ2) is 5.64. The minimum Gasteiger partial charge on any atom is -0.328 e. The molecule has 0 amide bonds. The van der Waals surface area contributed by atoms with Crippen molar-refractivity contribution in [1.82, 2.24) is 5.32 Å². The lowest BCUT2D eigenvalue weighted by Gasteiger charge is -2.26. The first-order chi connectivity index (χ1) is 7.34. The predicted octanol–water partition coefficient (Wildman–Crippen LogP) is 2.36. The Morgan fingerprint density at radius 1 is 1.47 bits per heavy atom. The predicted molar refractivity (Wildman–Crippen MR) is 66.0 cm³/mol. The van der Waals surface area contributed by atoms with E-state index in [1.54, 1.807) is 11.3 Å². The van der Waals surface area contributed by atoms with Crippen LogP contribution in [0, 0.1) is 5.92 Å². The number of thiophene rings is 1. The summed E-state index contributed by atoms with van der Waals surface area (Å²) in [6, 6.07) is 2.64. The van der Waals surface area contributed by atoms with Gasteiger partial charge in [-0.05, 0) is 54.1 Å². The Balaban J connectivity index is 1.65. The summed E-state index contributed by atoms with van der Waals surface area (Å²) in [4.78, 5) is 0. The third-order valence-electron chi connectivity index (χ3n) is 3.17. The van der Waals surface area contributed by atoms with Crippen molar-refractivity contribution in [2.75, 3.05) is 6.54 Å². The van der Waals surface area contributed by atoms with E-state index < -0.39 is 0 Å². The van der Waals surface area contributed by atoms with E-state index in [0.29, 0.717) is 6.04 Å². The van der Waals surface area contributed by atoms with Gasteiger partial charge >= 0.3 is 0 Å². The van der Waals surface area contributed by atoms with Crippen LogP contribution >= 0.6 is 11.3 Å². The molecule has 1 fully saturated rings. The largest absolute Gasteiger partial charge is 0.328 e. The number of hydrogen-bond acceptors (Lipinski definition) is 3. The molecule has 15 heavy (non-hydrogen) atoms. The first-order valence-corrected chi connectivity index (χ1v) is 6.76. The summed E-state index contributed by atoms with van der Waals surface area (Å²) in [5.74, 6) is 0.799. The molecule has 84 valence electrons. The van der Waals surface area contributed by atoms with Gasteiger partial charge < -0.3 is 11.1 Å². The molecule has 0 aliphatic heterocycles. The van der Waals surface area contributed by atoms with Gasteiger partial charge in [0.2, 0.25) is 0 Å². The number of nitrogens with two attached hydrogens (primary N) is 1. The molecule has 2 rings (SSSR count). The van der Waals surface area contributed by atoms with E-state index in [0.717, 1.165) is 19.0 Å². The van der Waals surface area contributed by atoms with Crippen molar-refractivity contribution in [2.24, 2.45) is 11.7 Å². The highest BCUT2D eigenvalue weighted by Gasteiger charge is 2.18. The fraction of sp³-hybridized carbons (Fsp3) is 0.667. The van der Waals surface area contributed by atoms with Crippen LogP contribution in [0.4, 0.5) is 0 Å². The molecule has 0 saturated heterocycles. The Bertz CT molecular complexity index is 271. The molecule has 0 bridgehead atoms. The highest BCUT2D eigenvalue weighted by molar-refractivity contribution is 7.07. The Morgan fingerprint density at radius 2 is 2.40 bits per heavy atom. The maximum atomic E-state index is 5.97. The topological polar surface area (TPSA) is 38.0 Å². The molecule has 2 unspecified atom stereocenters. The summed E-state index contributed by atoms with van der Waals surface area (Å²) < 4.78 is 0. The molecule has 1 heterocycles. The summed E-state index contributed by atoms with van der Waals surface area (Å²) in [6.07, 6.45) is 5.09. The average molecular weight is 224 g/mol. The summed E-state index contributed by atoms with van der Waals surface area (Å²) >= 11 is 1.77. The number of nitrogens with one attached hydrogen (secondary N) is 1. The highest BCUT2D eigenvalue weighted by Crippen LogP contribution is 2.22. The Hall–Kier alpha value is -0.380. The van der Waals surface area contributed by atoms with Gasteiger partial charge in [0.1, 0.15) is 0 Å². The SMILES string of the molecule is NC1CCCC(CNCc2ccsc2)C1. The van der Waals surface area contributed by atoms with Crippen LogP contribution in [0.15, 0.2) is 16.8 Å². The smallest absolute Gasteiger partial charge is 0.0213 e. The van der Waals surface area contributed by atoms with Gasteiger partial charge in [-0.3, -0.25) is 0 Å². The van der Waals surface area contributed by atoms with Gasteiger partial charge in [0.15, 0.2) is 0 Å². The molecule has 1 saturated carbocycles. The van der Waals surface area contributed by atoms with Crippen molar-refractivity contribution in [3.8, 4) is 0 Å². The van der Waals surface area contributed by atoms with Crippen molar-refractivity contribution in [2.45, 2.75) is 38.3 Å². The van der Waals surface area contributed by atoms with Gasteiger partial charge in [0.25, 0.3) is 0 Å². The zero-order valence-electron chi connectivity index (χ0n) is 9.11. The number of hydrogen-bond donors (Lipinski definition) is 2. The standard InChI is InChI=1S/C12H20N2S/c13-12-3-1-2-10(6-12)7-14-8-11-4-5-15-9-11/h4-5,9-10,12,14H,1-3,6-8,13H2. The fourth-order valence-corrected chi connectivity index (χ4v) is 3.00. The molecule has 2 nitrogen and oxygen atoms in total. The molecule has 2 atom stereocenters. The first-order valence-electron chi connectivity index (χ1n) is 5.82. The number of rotatable bonds is 4. The monoisotopic (exact) mass is 224 g/mol. The Labute approximate surface area is 95.9 Å². The molecule has 1 aromatic heterocycles. The minimum atomic E-state index is 0.451. The van der Waals surface area contributed by atoms with Crippen molar-refractivity contribution in [1.29, 1.82) is 0 Å². The molecular formula is C12H20N2S. The average Bonchev–Trinajstić information content (AvgIpc) is 2.71. The van der Waals surface area contributed by atoms with Gasteiger partial charge in [-0.15, -0.1) is 0 Å². The van der Waals surface area contributed by atoms with Crippen LogP contribution in [0.25, 0.3) is 0 Å². The third-order valence-corrected chi connectivity index (χ3v) is 3.90. The maximum Gasteiger partial charge on any atom is 0.0213 e. The van der Waals surface area contributed by atoms with Crippen LogP contribution in [0.2, 0.25) is 0 Å². The van der Waals surface area contributed by atoms with E-state index in [1.807, 2.05) is 0 Å². The fourth-order valence-electron chi connectivity index (χ4n) is 2.33. The molecule has 1 aliphatic rings. The lowest BCUT2D eigenvalue weighted by atomic mass is 9.86. The summed E-state index contributed by atoms with van der Waals surface area (Å²) in [7, 11) is 0. The van der Waals surface area contributed by atoms with Gasteiger partial charge in [-0.2, -0.15) is 11.3 Å². The summed E-state index contributed by atoms with van der Waals surface area (Å²) in [5, 5.41) is 7.87. The summed E-state index contributed by atoms with van der Waals surface area (Å²) in [5.41, 5.74) is 7.37. The Morgan fingerprint density at radius 3 is 3.13 bits per heavy atom. The van der Waals surface area contributed by atoms with Crippen LogP contribution in [0.1, 0.15) is 31.2 Å². The van der Waals surface area contributed by atoms with Gasteiger partial charge in [-0.1, -0.05) is 6.42 Å². The van der Waals surface area contributed by atoms with Crippen LogP contribution in [-0.2, 0) is 6.54 Å². The normalized spacial score (nSPS) is 26.7. The molecule has 0 aromatic carbocycles. The van der Waals surface area contributed by atoms with Crippen LogP contribution in [0.5, 0.6) is 0 Å². The zero-order chi connectivity index (χ0) is 10.5. The minimum absolute atomic E-state index is 0.451. The molecule has 3 heteroatoms. The molecular weight excluding hydrogens is 204 g/mol. The second-order valence-corrected chi connectivity index (χ2v) is 5.34. The molecule has 0 spiro atoms. The van der Waals surface area contributed by atoms with Gasteiger partial charge in [-0.25, -0.2) is 0 Å². The Kier molecular flexibility index (Phi) is 4.18. The van der Waals surface area contributed by atoms with E-state index >= 15 is 0 Å². The first kappa shape index (κ1) is 11.1.